The molecule has 4 atom stereocenters. The van der Waals surface area contributed by atoms with Crippen LogP contribution in [0.4, 0.5) is 0 Å². The SMILES string of the molecule is CC(CC#N)OCC(COCC1CO1)OC1CCCCO1. The molecule has 0 saturated carbocycles. The second kappa shape index (κ2) is 9.34. The average Bonchev–Trinajstić information content (AvgIpc) is 3.30. The van der Waals surface area contributed by atoms with E-state index in [2.05, 4.69) is 6.07 Å². The fourth-order valence-corrected chi connectivity index (χ4v) is 2.11. The smallest absolute Gasteiger partial charge is 0.158 e. The zero-order valence-electron chi connectivity index (χ0n) is 12.7. The van der Waals surface area contributed by atoms with Crippen molar-refractivity contribution in [1.82, 2.24) is 0 Å². The maximum Gasteiger partial charge on any atom is 0.158 e. The lowest BCUT2D eigenvalue weighted by Gasteiger charge is -2.28. The Morgan fingerprint density at radius 2 is 2.14 bits per heavy atom. The molecule has 0 amide bonds. The summed E-state index contributed by atoms with van der Waals surface area (Å²) >= 11 is 0. The first-order valence-corrected chi connectivity index (χ1v) is 7.73. The van der Waals surface area contributed by atoms with E-state index in [-0.39, 0.29) is 24.6 Å². The summed E-state index contributed by atoms with van der Waals surface area (Å²) in [6.45, 7) is 4.88. The van der Waals surface area contributed by atoms with Crippen LogP contribution in [0, 0.1) is 11.3 Å². The first-order valence-electron chi connectivity index (χ1n) is 7.73. The molecule has 21 heavy (non-hydrogen) atoms. The molecular formula is C15H25NO5. The van der Waals surface area contributed by atoms with Gasteiger partial charge in [-0.05, 0) is 26.2 Å². The average molecular weight is 299 g/mol. The summed E-state index contributed by atoms with van der Waals surface area (Å²) in [6, 6.07) is 2.10. The van der Waals surface area contributed by atoms with Gasteiger partial charge in [0.25, 0.3) is 0 Å². The first kappa shape index (κ1) is 16.7. The fraction of sp³-hybridized carbons (Fsp3) is 0.933. The Morgan fingerprint density at radius 1 is 1.29 bits per heavy atom. The number of hydrogen-bond acceptors (Lipinski definition) is 6. The van der Waals surface area contributed by atoms with Gasteiger partial charge in [0.2, 0.25) is 0 Å². The monoisotopic (exact) mass is 299 g/mol. The molecule has 2 fully saturated rings. The second-order valence-electron chi connectivity index (χ2n) is 5.55. The third-order valence-corrected chi connectivity index (χ3v) is 3.44. The molecule has 0 aromatic rings. The molecule has 2 heterocycles. The minimum atomic E-state index is -0.173. The van der Waals surface area contributed by atoms with Crippen LogP contribution < -0.4 is 0 Å². The largest absolute Gasteiger partial charge is 0.376 e. The fourth-order valence-electron chi connectivity index (χ4n) is 2.11. The molecule has 2 aliphatic heterocycles. The van der Waals surface area contributed by atoms with Crippen molar-refractivity contribution < 1.29 is 23.7 Å². The van der Waals surface area contributed by atoms with E-state index in [0.29, 0.717) is 26.2 Å². The number of ether oxygens (including phenoxy) is 5. The van der Waals surface area contributed by atoms with Gasteiger partial charge in [-0.1, -0.05) is 0 Å². The number of rotatable bonds is 10. The molecule has 6 heteroatoms. The minimum Gasteiger partial charge on any atom is -0.376 e. The van der Waals surface area contributed by atoms with Gasteiger partial charge in [-0.3, -0.25) is 0 Å². The number of nitrogens with zero attached hydrogens (tertiary/aromatic N) is 1. The van der Waals surface area contributed by atoms with E-state index in [1.54, 1.807) is 0 Å². The van der Waals surface area contributed by atoms with Crippen molar-refractivity contribution in [2.75, 3.05) is 33.0 Å². The van der Waals surface area contributed by atoms with Gasteiger partial charge in [-0.2, -0.15) is 5.26 Å². The molecule has 2 rings (SSSR count). The van der Waals surface area contributed by atoms with Gasteiger partial charge in [0.1, 0.15) is 12.2 Å². The predicted molar refractivity (Wildman–Crippen MR) is 74.7 cm³/mol. The summed E-state index contributed by atoms with van der Waals surface area (Å²) in [5, 5.41) is 8.65. The summed E-state index contributed by atoms with van der Waals surface area (Å²) in [7, 11) is 0. The van der Waals surface area contributed by atoms with E-state index in [0.717, 1.165) is 32.5 Å². The summed E-state index contributed by atoms with van der Waals surface area (Å²) in [5.41, 5.74) is 0. The van der Waals surface area contributed by atoms with E-state index in [1.807, 2.05) is 6.92 Å². The molecule has 0 radical (unpaired) electrons. The third kappa shape index (κ3) is 7.21. The first-order chi connectivity index (χ1) is 10.3. The highest BCUT2D eigenvalue weighted by Gasteiger charge is 2.25. The summed E-state index contributed by atoms with van der Waals surface area (Å²) < 4.78 is 27.9. The predicted octanol–water partition coefficient (Wildman–Crippen LogP) is 1.63. The molecule has 6 nitrogen and oxygen atoms in total. The number of nitriles is 1. The van der Waals surface area contributed by atoms with E-state index in [4.69, 9.17) is 28.9 Å². The Morgan fingerprint density at radius 3 is 2.81 bits per heavy atom. The van der Waals surface area contributed by atoms with E-state index in [9.17, 15) is 0 Å². The van der Waals surface area contributed by atoms with Crippen LogP contribution in [0.25, 0.3) is 0 Å². The molecular weight excluding hydrogens is 274 g/mol. The van der Waals surface area contributed by atoms with Crippen molar-refractivity contribution in [2.24, 2.45) is 0 Å². The maximum atomic E-state index is 8.65. The van der Waals surface area contributed by atoms with Crippen molar-refractivity contribution in [1.29, 1.82) is 5.26 Å². The van der Waals surface area contributed by atoms with Crippen LogP contribution in [0.5, 0.6) is 0 Å². The zero-order valence-corrected chi connectivity index (χ0v) is 12.7. The molecule has 0 aromatic carbocycles. The Hall–Kier alpha value is -0.710. The number of hydrogen-bond donors (Lipinski definition) is 0. The number of epoxide rings is 1. The van der Waals surface area contributed by atoms with Crippen LogP contribution in [-0.4, -0.2) is 57.6 Å². The standard InChI is InChI=1S/C15H25NO5/c1-12(5-6-16)19-11-14(9-17-8-13-10-20-13)21-15-4-2-3-7-18-15/h12-15H,2-5,7-11H2,1H3. The highest BCUT2D eigenvalue weighted by molar-refractivity contribution is 4.74. The Balaban J connectivity index is 1.69. The Bertz CT molecular complexity index is 323. The quantitative estimate of drug-likeness (QED) is 0.571. The lowest BCUT2D eigenvalue weighted by Crippen LogP contribution is -2.35. The second-order valence-corrected chi connectivity index (χ2v) is 5.55. The highest BCUT2D eigenvalue weighted by Crippen LogP contribution is 2.17. The van der Waals surface area contributed by atoms with Gasteiger partial charge in [-0.25, -0.2) is 0 Å². The van der Waals surface area contributed by atoms with Gasteiger partial charge in [0, 0.05) is 6.61 Å². The molecule has 4 unspecified atom stereocenters. The molecule has 2 saturated heterocycles. The molecule has 0 aromatic heterocycles. The van der Waals surface area contributed by atoms with Crippen LogP contribution in [0.2, 0.25) is 0 Å². The lowest BCUT2D eigenvalue weighted by atomic mass is 10.2. The minimum absolute atomic E-state index is 0.0971. The molecule has 0 aliphatic carbocycles. The molecule has 120 valence electrons. The van der Waals surface area contributed by atoms with Gasteiger partial charge >= 0.3 is 0 Å². The van der Waals surface area contributed by atoms with E-state index < -0.39 is 0 Å². The van der Waals surface area contributed by atoms with Crippen LogP contribution in [0.3, 0.4) is 0 Å². The van der Waals surface area contributed by atoms with Crippen LogP contribution >= 0.6 is 0 Å². The molecule has 0 N–H and O–H groups in total. The van der Waals surface area contributed by atoms with Crippen molar-refractivity contribution in [3.63, 3.8) is 0 Å². The topological polar surface area (TPSA) is 73.2 Å². The summed E-state index contributed by atoms with van der Waals surface area (Å²) in [6.07, 6.45) is 3.32. The van der Waals surface area contributed by atoms with E-state index in [1.165, 1.54) is 0 Å². The molecule has 2 aliphatic rings. The van der Waals surface area contributed by atoms with Crippen molar-refractivity contribution in [3.8, 4) is 6.07 Å². The lowest BCUT2D eigenvalue weighted by molar-refractivity contribution is -0.210. The van der Waals surface area contributed by atoms with Crippen LogP contribution in [-0.2, 0) is 23.7 Å². The van der Waals surface area contributed by atoms with Gasteiger partial charge < -0.3 is 23.7 Å². The molecule has 0 bridgehead atoms. The molecule has 0 spiro atoms. The summed E-state index contributed by atoms with van der Waals surface area (Å²) in [5.74, 6) is 0. The van der Waals surface area contributed by atoms with Crippen LogP contribution in [0.1, 0.15) is 32.6 Å². The van der Waals surface area contributed by atoms with Crippen LogP contribution in [0.15, 0.2) is 0 Å². The van der Waals surface area contributed by atoms with Crippen molar-refractivity contribution in [3.05, 3.63) is 0 Å². The van der Waals surface area contributed by atoms with E-state index >= 15 is 0 Å². The Kier molecular flexibility index (Phi) is 7.41. The van der Waals surface area contributed by atoms with Gasteiger partial charge in [-0.15, -0.1) is 0 Å². The highest BCUT2D eigenvalue weighted by atomic mass is 16.7. The summed E-state index contributed by atoms with van der Waals surface area (Å²) in [4.78, 5) is 0. The maximum absolute atomic E-state index is 8.65. The van der Waals surface area contributed by atoms with Gasteiger partial charge in [0.15, 0.2) is 6.29 Å². The Labute approximate surface area is 126 Å². The van der Waals surface area contributed by atoms with Crippen molar-refractivity contribution in [2.45, 2.75) is 57.2 Å². The zero-order chi connectivity index (χ0) is 14.9. The van der Waals surface area contributed by atoms with Crippen molar-refractivity contribution >= 4 is 0 Å². The normalized spacial score (nSPS) is 27.8. The van der Waals surface area contributed by atoms with Gasteiger partial charge in [0.05, 0.1) is 45.0 Å². The third-order valence-electron chi connectivity index (χ3n) is 3.44.